The maximum Gasteiger partial charge on any atom is 0.224 e. The van der Waals surface area contributed by atoms with Crippen LogP contribution in [0, 0.1) is 25.2 Å². The molecule has 1 aromatic heterocycles. The number of nitrogens with zero attached hydrogens (tertiary/aromatic N) is 3. The fourth-order valence-corrected chi connectivity index (χ4v) is 2.99. The van der Waals surface area contributed by atoms with Crippen molar-refractivity contribution in [1.29, 1.82) is 5.26 Å². The fraction of sp³-hybridized carbons (Fsp3) is 0.190. The van der Waals surface area contributed by atoms with E-state index in [9.17, 15) is 4.79 Å². The quantitative estimate of drug-likeness (QED) is 0.762. The number of para-hydroxylation sites is 1. The number of hydrogen-bond acceptors (Lipinski definition) is 3. The number of carbonyl (C=O) groups is 1. The van der Waals surface area contributed by atoms with Gasteiger partial charge in [0, 0.05) is 17.8 Å². The van der Waals surface area contributed by atoms with E-state index >= 15 is 0 Å². The van der Waals surface area contributed by atoms with Crippen LogP contribution in [0.2, 0.25) is 0 Å². The van der Waals surface area contributed by atoms with Gasteiger partial charge < -0.3 is 5.32 Å². The SMILES string of the molecule is Cc1nn(-c2ccccc2)c(C)c1CCC(=O)Nc1cccc(C#N)c1. The van der Waals surface area contributed by atoms with Crippen molar-refractivity contribution in [2.24, 2.45) is 0 Å². The molecule has 5 heteroatoms. The van der Waals surface area contributed by atoms with Crippen LogP contribution >= 0.6 is 0 Å². The molecule has 0 saturated heterocycles. The molecule has 1 amide bonds. The predicted octanol–water partition coefficient (Wildman–Crippen LogP) is 3.93. The Morgan fingerprint density at radius 2 is 1.92 bits per heavy atom. The van der Waals surface area contributed by atoms with Crippen LogP contribution in [0.25, 0.3) is 5.69 Å². The first kappa shape index (κ1) is 17.4. The largest absolute Gasteiger partial charge is 0.326 e. The Balaban J connectivity index is 1.69. The van der Waals surface area contributed by atoms with Gasteiger partial charge in [-0.1, -0.05) is 24.3 Å². The van der Waals surface area contributed by atoms with Crippen LogP contribution in [-0.2, 0) is 11.2 Å². The Kier molecular flexibility index (Phi) is 5.14. The van der Waals surface area contributed by atoms with Gasteiger partial charge in [-0.05, 0) is 56.2 Å². The maximum absolute atomic E-state index is 12.3. The summed E-state index contributed by atoms with van der Waals surface area (Å²) in [6, 6.07) is 18.9. The molecule has 0 spiro atoms. The molecule has 5 nitrogen and oxygen atoms in total. The summed E-state index contributed by atoms with van der Waals surface area (Å²) >= 11 is 0. The Hall–Kier alpha value is -3.39. The van der Waals surface area contributed by atoms with Crippen LogP contribution in [-0.4, -0.2) is 15.7 Å². The van der Waals surface area contributed by atoms with Crippen molar-refractivity contribution in [1.82, 2.24) is 9.78 Å². The summed E-state index contributed by atoms with van der Waals surface area (Å²) in [5.74, 6) is -0.0775. The van der Waals surface area contributed by atoms with E-state index in [0.717, 1.165) is 22.6 Å². The zero-order valence-electron chi connectivity index (χ0n) is 14.9. The molecule has 1 N–H and O–H groups in total. The smallest absolute Gasteiger partial charge is 0.224 e. The number of nitrogens with one attached hydrogen (secondary N) is 1. The molecule has 0 atom stereocenters. The van der Waals surface area contributed by atoms with Crippen molar-refractivity contribution in [3.05, 3.63) is 77.1 Å². The average Bonchev–Trinajstić information content (AvgIpc) is 2.95. The van der Waals surface area contributed by atoms with E-state index in [1.807, 2.05) is 48.9 Å². The van der Waals surface area contributed by atoms with Gasteiger partial charge >= 0.3 is 0 Å². The topological polar surface area (TPSA) is 70.7 Å². The molecule has 0 unspecified atom stereocenters. The van der Waals surface area contributed by atoms with Gasteiger partial charge in [0.05, 0.1) is 23.0 Å². The third-order valence-corrected chi connectivity index (χ3v) is 4.32. The van der Waals surface area contributed by atoms with Crippen LogP contribution < -0.4 is 5.32 Å². The number of nitriles is 1. The van der Waals surface area contributed by atoms with Gasteiger partial charge in [0.2, 0.25) is 5.91 Å². The molecule has 0 fully saturated rings. The minimum Gasteiger partial charge on any atom is -0.326 e. The van der Waals surface area contributed by atoms with Crippen molar-refractivity contribution in [3.63, 3.8) is 0 Å². The molecule has 0 aliphatic rings. The minimum absolute atomic E-state index is 0.0775. The zero-order chi connectivity index (χ0) is 18.5. The van der Waals surface area contributed by atoms with E-state index in [0.29, 0.717) is 24.1 Å². The van der Waals surface area contributed by atoms with Gasteiger partial charge in [-0.3, -0.25) is 4.79 Å². The second-order valence-corrected chi connectivity index (χ2v) is 6.14. The minimum atomic E-state index is -0.0775. The molecule has 0 aliphatic heterocycles. The molecule has 1 heterocycles. The highest BCUT2D eigenvalue weighted by molar-refractivity contribution is 5.91. The van der Waals surface area contributed by atoms with Gasteiger partial charge in [0.15, 0.2) is 0 Å². The molecule has 0 bridgehead atoms. The predicted molar refractivity (Wildman–Crippen MR) is 101 cm³/mol. The van der Waals surface area contributed by atoms with Gasteiger partial charge in [0.1, 0.15) is 0 Å². The number of anilines is 1. The molecular weight excluding hydrogens is 324 g/mol. The third-order valence-electron chi connectivity index (χ3n) is 4.32. The van der Waals surface area contributed by atoms with Gasteiger partial charge in [-0.25, -0.2) is 4.68 Å². The van der Waals surface area contributed by atoms with Crippen molar-refractivity contribution in [2.75, 3.05) is 5.32 Å². The lowest BCUT2D eigenvalue weighted by Crippen LogP contribution is -2.12. The van der Waals surface area contributed by atoms with Gasteiger partial charge in [-0.2, -0.15) is 10.4 Å². The highest BCUT2D eigenvalue weighted by Gasteiger charge is 2.14. The third kappa shape index (κ3) is 3.81. The summed E-state index contributed by atoms with van der Waals surface area (Å²) in [7, 11) is 0. The number of amides is 1. The highest BCUT2D eigenvalue weighted by atomic mass is 16.1. The zero-order valence-corrected chi connectivity index (χ0v) is 14.9. The van der Waals surface area contributed by atoms with Crippen LogP contribution in [0.4, 0.5) is 5.69 Å². The van der Waals surface area contributed by atoms with Gasteiger partial charge in [0.25, 0.3) is 0 Å². The summed E-state index contributed by atoms with van der Waals surface area (Å²) in [5.41, 5.74) is 5.26. The van der Waals surface area contributed by atoms with Crippen molar-refractivity contribution < 1.29 is 4.79 Å². The molecule has 26 heavy (non-hydrogen) atoms. The maximum atomic E-state index is 12.3. The summed E-state index contributed by atoms with van der Waals surface area (Å²) in [6.45, 7) is 3.99. The summed E-state index contributed by atoms with van der Waals surface area (Å²) in [4.78, 5) is 12.3. The van der Waals surface area contributed by atoms with Crippen molar-refractivity contribution in [2.45, 2.75) is 26.7 Å². The van der Waals surface area contributed by atoms with E-state index in [2.05, 4.69) is 16.5 Å². The Morgan fingerprint density at radius 3 is 2.65 bits per heavy atom. The fourth-order valence-electron chi connectivity index (χ4n) is 2.99. The molecule has 0 aliphatic carbocycles. The summed E-state index contributed by atoms with van der Waals surface area (Å²) < 4.78 is 1.92. The van der Waals surface area contributed by atoms with E-state index in [1.54, 1.807) is 24.3 Å². The first-order valence-electron chi connectivity index (χ1n) is 8.49. The first-order valence-corrected chi connectivity index (χ1v) is 8.49. The van der Waals surface area contributed by atoms with Crippen LogP contribution in [0.1, 0.15) is 28.9 Å². The van der Waals surface area contributed by atoms with E-state index < -0.39 is 0 Å². The Labute approximate surface area is 152 Å². The van der Waals surface area contributed by atoms with E-state index in [4.69, 9.17) is 5.26 Å². The van der Waals surface area contributed by atoms with Crippen LogP contribution in [0.5, 0.6) is 0 Å². The second-order valence-electron chi connectivity index (χ2n) is 6.14. The molecule has 0 saturated carbocycles. The molecule has 3 aromatic rings. The molecule has 3 rings (SSSR count). The number of rotatable bonds is 5. The number of benzene rings is 2. The standard InChI is InChI=1S/C21H20N4O/c1-15-20(16(2)25(24-15)19-9-4-3-5-10-19)11-12-21(26)23-18-8-6-7-17(13-18)14-22/h3-10,13H,11-12H2,1-2H3,(H,23,26). The van der Waals surface area contributed by atoms with E-state index in [1.165, 1.54) is 0 Å². The summed E-state index contributed by atoms with van der Waals surface area (Å²) in [6.07, 6.45) is 0.979. The number of aromatic nitrogens is 2. The lowest BCUT2D eigenvalue weighted by atomic mass is 10.1. The molecule has 130 valence electrons. The first-order chi connectivity index (χ1) is 12.6. The Morgan fingerprint density at radius 1 is 1.15 bits per heavy atom. The number of aryl methyl sites for hydroxylation is 1. The molecule has 0 radical (unpaired) electrons. The Bertz CT molecular complexity index is 967. The number of hydrogen-bond donors (Lipinski definition) is 1. The number of carbonyl (C=O) groups excluding carboxylic acids is 1. The molecular formula is C21H20N4O. The van der Waals surface area contributed by atoms with Crippen molar-refractivity contribution >= 4 is 11.6 Å². The lowest BCUT2D eigenvalue weighted by molar-refractivity contribution is -0.116. The monoisotopic (exact) mass is 344 g/mol. The normalized spacial score (nSPS) is 10.3. The van der Waals surface area contributed by atoms with E-state index in [-0.39, 0.29) is 5.91 Å². The van der Waals surface area contributed by atoms with Gasteiger partial charge in [-0.15, -0.1) is 0 Å². The molecule has 2 aromatic carbocycles. The second kappa shape index (κ2) is 7.66. The average molecular weight is 344 g/mol. The lowest BCUT2D eigenvalue weighted by Gasteiger charge is -2.07. The van der Waals surface area contributed by atoms with Crippen LogP contribution in [0.3, 0.4) is 0 Å². The summed E-state index contributed by atoms with van der Waals surface area (Å²) in [5, 5.41) is 16.4. The van der Waals surface area contributed by atoms with Crippen molar-refractivity contribution in [3.8, 4) is 11.8 Å². The highest BCUT2D eigenvalue weighted by Crippen LogP contribution is 2.19. The van der Waals surface area contributed by atoms with Crippen LogP contribution in [0.15, 0.2) is 54.6 Å².